The molecule has 0 radical (unpaired) electrons. The second-order valence-electron chi connectivity index (χ2n) is 6.27. The van der Waals surface area contributed by atoms with E-state index in [2.05, 4.69) is 5.32 Å². The predicted molar refractivity (Wildman–Crippen MR) is 105 cm³/mol. The van der Waals surface area contributed by atoms with Crippen molar-refractivity contribution in [2.75, 3.05) is 38.7 Å². The smallest absolute Gasteiger partial charge is 0.259 e. The van der Waals surface area contributed by atoms with E-state index in [4.69, 9.17) is 15.2 Å². The molecule has 2 aromatic carbocycles. The number of morpholine rings is 1. The molecule has 1 aliphatic heterocycles. The highest BCUT2D eigenvalue weighted by Crippen LogP contribution is 2.26. The first-order chi connectivity index (χ1) is 13.8. The highest BCUT2D eigenvalue weighted by Gasteiger charge is 2.28. The summed E-state index contributed by atoms with van der Waals surface area (Å²) in [5, 5.41) is 2.66. The molecule has 2 aromatic rings. The highest BCUT2D eigenvalue weighted by molar-refractivity contribution is 7.89. The third-order valence-electron chi connectivity index (χ3n) is 4.45. The summed E-state index contributed by atoms with van der Waals surface area (Å²) in [6.45, 7) is 1.15. The first-order valence-electron chi connectivity index (χ1n) is 8.80. The molecule has 0 atom stereocenters. The molecule has 0 aliphatic carbocycles. The van der Waals surface area contributed by atoms with Crippen molar-refractivity contribution in [3.63, 3.8) is 0 Å². The van der Waals surface area contributed by atoms with Gasteiger partial charge in [-0.3, -0.25) is 9.59 Å². The number of hydrogen-bond donors (Lipinski definition) is 2. The minimum atomic E-state index is -3.76. The molecule has 3 N–H and O–H groups in total. The average Bonchev–Trinajstić information content (AvgIpc) is 2.74. The summed E-state index contributed by atoms with van der Waals surface area (Å²) in [4.78, 5) is 23.9. The summed E-state index contributed by atoms with van der Waals surface area (Å²) in [5.74, 6) is -0.893. The van der Waals surface area contributed by atoms with Gasteiger partial charge in [-0.05, 0) is 42.5 Å². The molecular formula is C19H21N3O6S. The maximum absolute atomic E-state index is 12.9. The van der Waals surface area contributed by atoms with Gasteiger partial charge in [0.25, 0.3) is 5.91 Å². The summed E-state index contributed by atoms with van der Waals surface area (Å²) < 4.78 is 37.5. The van der Waals surface area contributed by atoms with Gasteiger partial charge in [-0.1, -0.05) is 0 Å². The third-order valence-corrected chi connectivity index (χ3v) is 6.35. The van der Waals surface area contributed by atoms with Crippen molar-refractivity contribution in [2.24, 2.45) is 5.73 Å². The molecule has 1 saturated heterocycles. The Bertz CT molecular complexity index is 1010. The lowest BCUT2D eigenvalue weighted by Crippen LogP contribution is -2.40. The number of nitrogens with one attached hydrogen (secondary N) is 1. The Kier molecular flexibility index (Phi) is 6.16. The highest BCUT2D eigenvalue weighted by atomic mass is 32.2. The Hall–Kier alpha value is -2.95. The number of rotatable bonds is 6. The Morgan fingerprint density at radius 3 is 2.34 bits per heavy atom. The second kappa shape index (κ2) is 8.60. The van der Waals surface area contributed by atoms with Crippen molar-refractivity contribution in [1.82, 2.24) is 4.31 Å². The van der Waals surface area contributed by atoms with Crippen LogP contribution in [0.15, 0.2) is 47.4 Å². The van der Waals surface area contributed by atoms with Crippen molar-refractivity contribution in [1.29, 1.82) is 0 Å². The SMILES string of the molecule is COc1ccc(S(=O)(=O)N2CCOCC2)cc1C(=O)Nc1ccc(C(N)=O)cc1. The van der Waals surface area contributed by atoms with E-state index in [0.717, 1.165) is 0 Å². The zero-order valence-electron chi connectivity index (χ0n) is 15.8. The fourth-order valence-electron chi connectivity index (χ4n) is 2.88. The average molecular weight is 419 g/mol. The Labute approximate surface area is 168 Å². The number of primary amides is 1. The standard InChI is InChI=1S/C19H21N3O6S/c1-27-17-7-6-15(29(25,26)22-8-10-28-11-9-22)12-16(17)19(24)21-14-4-2-13(3-5-14)18(20)23/h2-7,12H,8-11H2,1H3,(H2,20,23)(H,21,24). The quantitative estimate of drug-likeness (QED) is 0.721. The zero-order chi connectivity index (χ0) is 21.0. The normalized spacial score (nSPS) is 14.9. The fourth-order valence-corrected chi connectivity index (χ4v) is 4.31. The van der Waals surface area contributed by atoms with Crippen LogP contribution in [-0.2, 0) is 14.8 Å². The molecule has 0 spiro atoms. The van der Waals surface area contributed by atoms with Gasteiger partial charge in [0.05, 0.1) is 30.8 Å². The molecule has 9 nitrogen and oxygen atoms in total. The topological polar surface area (TPSA) is 128 Å². The predicted octanol–water partition coefficient (Wildman–Crippen LogP) is 1.07. The number of amides is 2. The third kappa shape index (κ3) is 4.56. The van der Waals surface area contributed by atoms with Crippen LogP contribution in [0.1, 0.15) is 20.7 Å². The lowest BCUT2D eigenvalue weighted by molar-refractivity contribution is 0.0730. The number of benzene rings is 2. The summed E-state index contributed by atoms with van der Waals surface area (Å²) in [7, 11) is -2.37. The van der Waals surface area contributed by atoms with Crippen LogP contribution < -0.4 is 15.8 Å². The van der Waals surface area contributed by atoms with E-state index in [0.29, 0.717) is 24.5 Å². The van der Waals surface area contributed by atoms with Crippen LogP contribution in [-0.4, -0.2) is 58.0 Å². The van der Waals surface area contributed by atoms with Gasteiger partial charge < -0.3 is 20.5 Å². The van der Waals surface area contributed by atoms with Gasteiger partial charge in [-0.15, -0.1) is 0 Å². The Morgan fingerprint density at radius 2 is 1.76 bits per heavy atom. The van der Waals surface area contributed by atoms with Crippen LogP contribution in [0.2, 0.25) is 0 Å². The summed E-state index contributed by atoms with van der Waals surface area (Å²) in [6, 6.07) is 10.2. The molecule has 0 bridgehead atoms. The maximum Gasteiger partial charge on any atom is 0.259 e. The van der Waals surface area contributed by atoms with Crippen LogP contribution in [0.4, 0.5) is 5.69 Å². The minimum absolute atomic E-state index is 0.00516. The molecule has 1 heterocycles. The van der Waals surface area contributed by atoms with Crippen molar-refractivity contribution in [2.45, 2.75) is 4.90 Å². The molecule has 0 unspecified atom stereocenters. The van der Waals surface area contributed by atoms with E-state index in [1.165, 1.54) is 53.9 Å². The van der Waals surface area contributed by atoms with E-state index >= 15 is 0 Å². The van der Waals surface area contributed by atoms with E-state index in [1.54, 1.807) is 0 Å². The van der Waals surface area contributed by atoms with Gasteiger partial charge in [-0.2, -0.15) is 4.31 Å². The van der Waals surface area contributed by atoms with Crippen molar-refractivity contribution >= 4 is 27.5 Å². The lowest BCUT2D eigenvalue weighted by atomic mass is 10.1. The van der Waals surface area contributed by atoms with Gasteiger partial charge >= 0.3 is 0 Å². The molecule has 3 rings (SSSR count). The first kappa shape index (κ1) is 20.8. The Morgan fingerprint density at radius 1 is 1.10 bits per heavy atom. The first-order valence-corrected chi connectivity index (χ1v) is 10.2. The van der Waals surface area contributed by atoms with Gasteiger partial charge in [0.1, 0.15) is 5.75 Å². The molecule has 2 amide bonds. The number of nitrogens with zero attached hydrogens (tertiary/aromatic N) is 1. The maximum atomic E-state index is 12.9. The summed E-state index contributed by atoms with van der Waals surface area (Å²) in [5.41, 5.74) is 6.00. The largest absolute Gasteiger partial charge is 0.496 e. The fraction of sp³-hybridized carbons (Fsp3) is 0.263. The number of carbonyl (C=O) groups excluding carboxylic acids is 2. The summed E-state index contributed by atoms with van der Waals surface area (Å²) >= 11 is 0. The van der Waals surface area contributed by atoms with Crippen LogP contribution >= 0.6 is 0 Å². The molecule has 154 valence electrons. The van der Waals surface area contributed by atoms with Gasteiger partial charge in [0.2, 0.25) is 15.9 Å². The van der Waals surface area contributed by atoms with Crippen LogP contribution in [0, 0.1) is 0 Å². The molecular weight excluding hydrogens is 398 g/mol. The summed E-state index contributed by atoms with van der Waals surface area (Å²) in [6.07, 6.45) is 0. The van der Waals surface area contributed by atoms with Crippen molar-refractivity contribution in [3.05, 3.63) is 53.6 Å². The molecule has 0 saturated carbocycles. The van der Waals surface area contributed by atoms with Crippen LogP contribution in [0.5, 0.6) is 5.75 Å². The number of ether oxygens (including phenoxy) is 2. The van der Waals surface area contributed by atoms with E-state index in [-0.39, 0.29) is 29.3 Å². The molecule has 0 aromatic heterocycles. The number of hydrogen-bond acceptors (Lipinski definition) is 6. The number of nitrogens with two attached hydrogens (primary N) is 1. The zero-order valence-corrected chi connectivity index (χ0v) is 16.6. The van der Waals surface area contributed by atoms with Crippen molar-refractivity contribution in [3.8, 4) is 5.75 Å². The van der Waals surface area contributed by atoms with Gasteiger partial charge in [0, 0.05) is 24.3 Å². The molecule has 10 heteroatoms. The monoisotopic (exact) mass is 419 g/mol. The molecule has 1 fully saturated rings. The van der Waals surface area contributed by atoms with Gasteiger partial charge in [0.15, 0.2) is 0 Å². The lowest BCUT2D eigenvalue weighted by Gasteiger charge is -2.26. The van der Waals surface area contributed by atoms with E-state index in [9.17, 15) is 18.0 Å². The molecule has 1 aliphatic rings. The second-order valence-corrected chi connectivity index (χ2v) is 8.21. The van der Waals surface area contributed by atoms with Gasteiger partial charge in [-0.25, -0.2) is 8.42 Å². The Balaban J connectivity index is 1.88. The number of anilines is 1. The number of carbonyl (C=O) groups is 2. The molecule has 29 heavy (non-hydrogen) atoms. The minimum Gasteiger partial charge on any atom is -0.496 e. The van der Waals surface area contributed by atoms with E-state index < -0.39 is 21.8 Å². The van der Waals surface area contributed by atoms with E-state index in [1.807, 2.05) is 0 Å². The van der Waals surface area contributed by atoms with Crippen LogP contribution in [0.25, 0.3) is 0 Å². The number of methoxy groups -OCH3 is 1. The van der Waals surface area contributed by atoms with Crippen LogP contribution in [0.3, 0.4) is 0 Å². The van der Waals surface area contributed by atoms with Crippen molar-refractivity contribution < 1.29 is 27.5 Å². The number of sulfonamides is 1.